The molecule has 38 heavy (non-hydrogen) atoms. The lowest BCUT2D eigenvalue weighted by molar-refractivity contribution is 0.0696. The van der Waals surface area contributed by atoms with Crippen LogP contribution in [0.15, 0.2) is 103 Å². The number of hydrogen-bond acceptors (Lipinski definition) is 4. The second-order valence-electron chi connectivity index (χ2n) is 9.11. The molecule has 0 unspecified atom stereocenters. The maximum Gasteiger partial charge on any atom is 0.335 e. The van der Waals surface area contributed by atoms with Crippen molar-refractivity contribution in [2.75, 3.05) is 0 Å². The van der Waals surface area contributed by atoms with Gasteiger partial charge < -0.3 is 10.4 Å². The van der Waals surface area contributed by atoms with Gasteiger partial charge in [-0.15, -0.1) is 11.3 Å². The standard InChI is InChI=1S/C31H23N3O3S/c35-30(32-17-20-7-11-23(12-8-20)31(36)37)27-16-25(28-6-3-13-38-28)15-26-18-33-34(29(26)27)19-21-9-10-22-4-1-2-5-24(22)14-21/h1-16,18H,17,19H2,(H,32,35)(H,36,37). The van der Waals surface area contributed by atoms with Crippen LogP contribution in [0, 0.1) is 0 Å². The second kappa shape index (κ2) is 9.95. The van der Waals surface area contributed by atoms with Crippen molar-refractivity contribution in [3.05, 3.63) is 125 Å². The molecule has 0 bridgehead atoms. The van der Waals surface area contributed by atoms with Gasteiger partial charge in [0, 0.05) is 16.8 Å². The summed E-state index contributed by atoms with van der Waals surface area (Å²) in [5.41, 5.74) is 4.42. The highest BCUT2D eigenvalue weighted by Gasteiger charge is 2.18. The average molecular weight is 518 g/mol. The number of amides is 1. The zero-order valence-corrected chi connectivity index (χ0v) is 21.1. The Morgan fingerprint density at radius 2 is 1.63 bits per heavy atom. The predicted octanol–water partition coefficient (Wildman–Crippen LogP) is 6.59. The smallest absolute Gasteiger partial charge is 0.335 e. The van der Waals surface area contributed by atoms with Crippen molar-refractivity contribution in [3.63, 3.8) is 0 Å². The first kappa shape index (κ1) is 23.6. The summed E-state index contributed by atoms with van der Waals surface area (Å²) in [7, 11) is 0. The first-order valence-electron chi connectivity index (χ1n) is 12.2. The number of hydrogen-bond donors (Lipinski definition) is 2. The molecule has 0 spiro atoms. The molecular formula is C31H23N3O3S. The Hall–Kier alpha value is -4.75. The van der Waals surface area contributed by atoms with Crippen LogP contribution < -0.4 is 5.32 Å². The Bertz CT molecular complexity index is 1790. The minimum absolute atomic E-state index is 0.211. The zero-order chi connectivity index (χ0) is 26.1. The normalized spacial score (nSPS) is 11.2. The molecule has 6 rings (SSSR count). The molecule has 2 heterocycles. The van der Waals surface area contributed by atoms with Crippen LogP contribution in [0.5, 0.6) is 0 Å². The van der Waals surface area contributed by atoms with Crippen molar-refractivity contribution in [1.29, 1.82) is 0 Å². The maximum atomic E-state index is 13.6. The van der Waals surface area contributed by atoms with Gasteiger partial charge >= 0.3 is 5.97 Å². The van der Waals surface area contributed by atoms with Gasteiger partial charge in [-0.3, -0.25) is 9.48 Å². The molecule has 0 saturated heterocycles. The Morgan fingerprint density at radius 1 is 0.842 bits per heavy atom. The van der Waals surface area contributed by atoms with Crippen molar-refractivity contribution in [1.82, 2.24) is 15.1 Å². The molecule has 0 aliphatic carbocycles. The molecule has 0 atom stereocenters. The van der Waals surface area contributed by atoms with E-state index in [0.717, 1.165) is 37.9 Å². The zero-order valence-electron chi connectivity index (χ0n) is 20.3. The molecule has 0 aliphatic rings. The van der Waals surface area contributed by atoms with Crippen LogP contribution in [-0.2, 0) is 13.1 Å². The molecule has 7 heteroatoms. The fourth-order valence-electron chi connectivity index (χ4n) is 4.66. The van der Waals surface area contributed by atoms with Gasteiger partial charge in [0.05, 0.1) is 29.4 Å². The Labute approximate surface area is 222 Å². The van der Waals surface area contributed by atoms with Crippen LogP contribution in [-0.4, -0.2) is 26.8 Å². The largest absolute Gasteiger partial charge is 0.478 e. The number of thiophene rings is 1. The first-order valence-corrected chi connectivity index (χ1v) is 13.0. The number of nitrogens with one attached hydrogen (secondary N) is 1. The van der Waals surface area contributed by atoms with Gasteiger partial charge in [-0.05, 0) is 69.2 Å². The lowest BCUT2D eigenvalue weighted by atomic mass is 10.0. The number of carbonyl (C=O) groups excluding carboxylic acids is 1. The third kappa shape index (κ3) is 4.67. The van der Waals surface area contributed by atoms with Crippen molar-refractivity contribution < 1.29 is 14.7 Å². The molecule has 0 fully saturated rings. The average Bonchev–Trinajstić information content (AvgIpc) is 3.62. The van der Waals surface area contributed by atoms with E-state index in [1.165, 1.54) is 17.5 Å². The molecule has 4 aromatic carbocycles. The molecule has 0 radical (unpaired) electrons. The number of benzene rings is 4. The predicted molar refractivity (Wildman–Crippen MR) is 151 cm³/mol. The van der Waals surface area contributed by atoms with E-state index in [-0.39, 0.29) is 18.0 Å². The maximum absolute atomic E-state index is 13.6. The number of fused-ring (bicyclic) bond motifs is 2. The molecule has 2 N–H and O–H groups in total. The molecule has 0 saturated carbocycles. The van der Waals surface area contributed by atoms with Crippen LogP contribution in [0.4, 0.5) is 0 Å². The van der Waals surface area contributed by atoms with E-state index in [9.17, 15) is 9.59 Å². The number of carbonyl (C=O) groups is 2. The van der Waals surface area contributed by atoms with Crippen molar-refractivity contribution in [2.45, 2.75) is 13.1 Å². The van der Waals surface area contributed by atoms with E-state index in [2.05, 4.69) is 46.8 Å². The number of aromatic carboxylic acids is 1. The first-order chi connectivity index (χ1) is 18.5. The van der Waals surface area contributed by atoms with Gasteiger partial charge in [-0.1, -0.05) is 54.6 Å². The van der Waals surface area contributed by atoms with E-state index < -0.39 is 5.97 Å². The van der Waals surface area contributed by atoms with Crippen LogP contribution in [0.2, 0.25) is 0 Å². The summed E-state index contributed by atoms with van der Waals surface area (Å²) in [6.07, 6.45) is 1.81. The van der Waals surface area contributed by atoms with Gasteiger partial charge in [0.2, 0.25) is 0 Å². The summed E-state index contributed by atoms with van der Waals surface area (Å²) in [6.45, 7) is 0.811. The summed E-state index contributed by atoms with van der Waals surface area (Å²) in [5, 5.41) is 22.1. The number of carboxylic acid groups (broad SMARTS) is 1. The SMILES string of the molecule is O=C(O)c1ccc(CNC(=O)c2cc(-c3cccs3)cc3cnn(Cc4ccc5ccccc5c4)c23)cc1. The monoisotopic (exact) mass is 517 g/mol. The minimum Gasteiger partial charge on any atom is -0.478 e. The van der Waals surface area contributed by atoms with E-state index in [1.807, 2.05) is 46.6 Å². The summed E-state index contributed by atoms with van der Waals surface area (Å²) < 4.78 is 1.88. The Kier molecular flexibility index (Phi) is 6.19. The van der Waals surface area contributed by atoms with Crippen LogP contribution in [0.25, 0.3) is 32.1 Å². The Morgan fingerprint density at radius 3 is 2.39 bits per heavy atom. The number of nitrogens with zero attached hydrogens (tertiary/aromatic N) is 2. The lowest BCUT2D eigenvalue weighted by Crippen LogP contribution is -2.24. The molecule has 6 aromatic rings. The number of rotatable bonds is 7. The Balaban J connectivity index is 1.35. The third-order valence-corrected chi connectivity index (χ3v) is 7.50. The van der Waals surface area contributed by atoms with E-state index >= 15 is 0 Å². The van der Waals surface area contributed by atoms with E-state index in [4.69, 9.17) is 5.11 Å². The molecule has 2 aromatic heterocycles. The third-order valence-electron chi connectivity index (χ3n) is 6.58. The highest BCUT2D eigenvalue weighted by molar-refractivity contribution is 7.13. The van der Waals surface area contributed by atoms with Gasteiger partial charge in [0.1, 0.15) is 0 Å². The van der Waals surface area contributed by atoms with Gasteiger partial charge in [-0.25, -0.2) is 4.79 Å². The second-order valence-corrected chi connectivity index (χ2v) is 10.1. The van der Waals surface area contributed by atoms with Gasteiger partial charge in [0.25, 0.3) is 5.91 Å². The summed E-state index contributed by atoms with van der Waals surface area (Å²) in [4.78, 5) is 25.8. The molecule has 186 valence electrons. The van der Waals surface area contributed by atoms with E-state index in [0.29, 0.717) is 12.1 Å². The number of carboxylic acids is 1. The fraction of sp³-hybridized carbons (Fsp3) is 0.0645. The van der Waals surface area contributed by atoms with Gasteiger partial charge in [-0.2, -0.15) is 5.10 Å². The highest BCUT2D eigenvalue weighted by Crippen LogP contribution is 2.31. The summed E-state index contributed by atoms with van der Waals surface area (Å²) >= 11 is 1.62. The lowest BCUT2D eigenvalue weighted by Gasteiger charge is -2.12. The van der Waals surface area contributed by atoms with Crippen LogP contribution in [0.1, 0.15) is 31.8 Å². The van der Waals surface area contributed by atoms with Crippen molar-refractivity contribution >= 4 is 44.9 Å². The number of aromatic nitrogens is 2. The van der Waals surface area contributed by atoms with E-state index in [1.54, 1.807) is 23.5 Å². The van der Waals surface area contributed by atoms with Crippen LogP contribution >= 0.6 is 11.3 Å². The summed E-state index contributed by atoms with van der Waals surface area (Å²) in [6, 6.07) is 29.1. The summed E-state index contributed by atoms with van der Waals surface area (Å²) in [5.74, 6) is -1.19. The van der Waals surface area contributed by atoms with Gasteiger partial charge in [0.15, 0.2) is 0 Å². The molecule has 1 amide bonds. The topological polar surface area (TPSA) is 84.2 Å². The van der Waals surface area contributed by atoms with Crippen molar-refractivity contribution in [3.8, 4) is 10.4 Å². The van der Waals surface area contributed by atoms with Crippen molar-refractivity contribution in [2.24, 2.45) is 0 Å². The highest BCUT2D eigenvalue weighted by atomic mass is 32.1. The quantitative estimate of drug-likeness (QED) is 0.250. The molecule has 6 nitrogen and oxygen atoms in total. The fourth-order valence-corrected chi connectivity index (χ4v) is 5.38. The van der Waals surface area contributed by atoms with Crippen LogP contribution in [0.3, 0.4) is 0 Å². The molecular weight excluding hydrogens is 494 g/mol. The minimum atomic E-state index is -0.979. The molecule has 0 aliphatic heterocycles.